The summed E-state index contributed by atoms with van der Waals surface area (Å²) in [5, 5.41) is 5.03. The number of carbonyl (C=O) groups is 2. The zero-order valence-electron chi connectivity index (χ0n) is 9.81. The summed E-state index contributed by atoms with van der Waals surface area (Å²) in [6.07, 6.45) is 2.12. The summed E-state index contributed by atoms with van der Waals surface area (Å²) in [5.74, 6) is 0.00156. The molecule has 1 rings (SSSR count). The van der Waals surface area contributed by atoms with Gasteiger partial charge in [0.1, 0.15) is 5.75 Å². The predicted octanol–water partition coefficient (Wildman–Crippen LogP) is 2.09. The van der Waals surface area contributed by atoms with Crippen molar-refractivity contribution in [3.8, 4) is 5.75 Å². The van der Waals surface area contributed by atoms with Gasteiger partial charge >= 0.3 is 6.09 Å². The molecular weight excluding hydrogens is 232 g/mol. The van der Waals surface area contributed by atoms with Gasteiger partial charge in [0.2, 0.25) is 5.91 Å². The van der Waals surface area contributed by atoms with E-state index in [1.807, 2.05) is 0 Å². The SMILES string of the molecule is C=CCNC(=O)Oc1cccc(NC(=O)C=C)c1. The number of hydrogen-bond acceptors (Lipinski definition) is 3. The number of nitrogens with one attached hydrogen (secondary N) is 2. The van der Waals surface area contributed by atoms with Crippen molar-refractivity contribution in [1.29, 1.82) is 0 Å². The highest BCUT2D eigenvalue weighted by Crippen LogP contribution is 2.17. The summed E-state index contributed by atoms with van der Waals surface area (Å²) < 4.78 is 5.00. The molecule has 0 aliphatic carbocycles. The first-order chi connectivity index (χ1) is 8.65. The van der Waals surface area contributed by atoms with E-state index in [0.717, 1.165) is 6.08 Å². The zero-order valence-corrected chi connectivity index (χ0v) is 9.81. The fourth-order valence-electron chi connectivity index (χ4n) is 1.13. The third-order valence-corrected chi connectivity index (χ3v) is 1.89. The molecule has 0 saturated heterocycles. The Bertz CT molecular complexity index is 469. The number of ether oxygens (including phenoxy) is 1. The molecule has 0 aromatic heterocycles. The van der Waals surface area contributed by atoms with Crippen LogP contribution in [-0.2, 0) is 4.79 Å². The van der Waals surface area contributed by atoms with E-state index in [0.29, 0.717) is 18.0 Å². The normalized spacial score (nSPS) is 9.11. The maximum Gasteiger partial charge on any atom is 0.412 e. The molecule has 2 amide bonds. The maximum absolute atomic E-state index is 11.3. The molecule has 5 nitrogen and oxygen atoms in total. The highest BCUT2D eigenvalue weighted by molar-refractivity contribution is 5.98. The van der Waals surface area contributed by atoms with Crippen LogP contribution in [0.5, 0.6) is 5.75 Å². The molecule has 0 aliphatic rings. The minimum Gasteiger partial charge on any atom is -0.410 e. The summed E-state index contributed by atoms with van der Waals surface area (Å²) in [6, 6.07) is 6.48. The molecule has 0 fully saturated rings. The second-order valence-electron chi connectivity index (χ2n) is 3.28. The fraction of sp³-hybridized carbons (Fsp3) is 0.0769. The smallest absolute Gasteiger partial charge is 0.410 e. The molecule has 1 aromatic carbocycles. The van der Waals surface area contributed by atoms with Crippen molar-refractivity contribution in [1.82, 2.24) is 5.32 Å². The van der Waals surface area contributed by atoms with E-state index in [1.165, 1.54) is 6.07 Å². The van der Waals surface area contributed by atoms with E-state index < -0.39 is 6.09 Å². The first-order valence-corrected chi connectivity index (χ1v) is 5.25. The first-order valence-electron chi connectivity index (χ1n) is 5.25. The van der Waals surface area contributed by atoms with Gasteiger partial charge in [0.25, 0.3) is 0 Å². The Balaban J connectivity index is 2.64. The maximum atomic E-state index is 11.3. The van der Waals surface area contributed by atoms with E-state index in [1.54, 1.807) is 24.3 Å². The van der Waals surface area contributed by atoms with Gasteiger partial charge in [-0.3, -0.25) is 4.79 Å². The lowest BCUT2D eigenvalue weighted by atomic mass is 10.3. The zero-order chi connectivity index (χ0) is 13.4. The fourth-order valence-corrected chi connectivity index (χ4v) is 1.13. The summed E-state index contributed by atoms with van der Waals surface area (Å²) in [5.41, 5.74) is 0.522. The number of anilines is 1. The molecule has 0 heterocycles. The third kappa shape index (κ3) is 4.52. The molecule has 2 N–H and O–H groups in total. The first kappa shape index (κ1) is 13.5. The molecule has 1 aromatic rings. The predicted molar refractivity (Wildman–Crippen MR) is 69.5 cm³/mol. The van der Waals surface area contributed by atoms with Crippen LogP contribution in [0.25, 0.3) is 0 Å². The minimum atomic E-state index is -0.581. The Hall–Kier alpha value is -2.56. The van der Waals surface area contributed by atoms with Gasteiger partial charge < -0.3 is 15.4 Å². The van der Waals surface area contributed by atoms with Crippen LogP contribution < -0.4 is 15.4 Å². The Morgan fingerprint density at radius 2 is 2.11 bits per heavy atom. The Kier molecular flexibility index (Phi) is 5.18. The van der Waals surface area contributed by atoms with Crippen LogP contribution in [0.15, 0.2) is 49.6 Å². The van der Waals surface area contributed by atoms with Gasteiger partial charge in [-0.2, -0.15) is 0 Å². The van der Waals surface area contributed by atoms with Crippen LogP contribution in [-0.4, -0.2) is 18.5 Å². The summed E-state index contributed by atoms with van der Waals surface area (Å²) in [7, 11) is 0. The standard InChI is InChI=1S/C13H14N2O3/c1-3-8-14-13(17)18-11-7-5-6-10(9-11)15-12(16)4-2/h3-7,9H,1-2,8H2,(H,14,17)(H,15,16). The molecule has 5 heteroatoms. The van der Waals surface area contributed by atoms with Crippen molar-refractivity contribution in [2.24, 2.45) is 0 Å². The van der Waals surface area contributed by atoms with Gasteiger partial charge in [0, 0.05) is 18.3 Å². The lowest BCUT2D eigenvalue weighted by Gasteiger charge is -2.07. The van der Waals surface area contributed by atoms with Crippen molar-refractivity contribution in [3.63, 3.8) is 0 Å². The molecule has 0 atom stereocenters. The largest absolute Gasteiger partial charge is 0.412 e. The van der Waals surface area contributed by atoms with Gasteiger partial charge in [-0.05, 0) is 18.2 Å². The van der Waals surface area contributed by atoms with Gasteiger partial charge in [0.05, 0.1) is 0 Å². The molecule has 0 saturated carbocycles. The van der Waals surface area contributed by atoms with Gasteiger partial charge in [-0.15, -0.1) is 6.58 Å². The van der Waals surface area contributed by atoms with Crippen molar-refractivity contribution >= 4 is 17.7 Å². The Morgan fingerprint density at radius 1 is 1.33 bits per heavy atom. The van der Waals surface area contributed by atoms with E-state index in [-0.39, 0.29) is 5.91 Å². The highest BCUT2D eigenvalue weighted by Gasteiger charge is 2.04. The van der Waals surface area contributed by atoms with Crippen LogP contribution in [0.3, 0.4) is 0 Å². The number of amides is 2. The summed E-state index contributed by atoms with van der Waals surface area (Å²) in [4.78, 5) is 22.4. The van der Waals surface area contributed by atoms with Crippen molar-refractivity contribution in [2.45, 2.75) is 0 Å². The highest BCUT2D eigenvalue weighted by atomic mass is 16.6. The molecule has 0 radical (unpaired) electrons. The van der Waals surface area contributed by atoms with E-state index >= 15 is 0 Å². The number of carbonyl (C=O) groups excluding carboxylic acids is 2. The average Bonchev–Trinajstić information content (AvgIpc) is 2.36. The summed E-state index contributed by atoms with van der Waals surface area (Å²) >= 11 is 0. The van der Waals surface area contributed by atoms with E-state index in [9.17, 15) is 9.59 Å². The molecule has 0 spiro atoms. The monoisotopic (exact) mass is 246 g/mol. The summed E-state index contributed by atoms with van der Waals surface area (Å²) in [6.45, 7) is 7.14. The molecule has 94 valence electrons. The van der Waals surface area contributed by atoms with Crippen LogP contribution >= 0.6 is 0 Å². The van der Waals surface area contributed by atoms with Crippen LogP contribution in [0.1, 0.15) is 0 Å². The van der Waals surface area contributed by atoms with Crippen molar-refractivity contribution in [3.05, 3.63) is 49.6 Å². The van der Waals surface area contributed by atoms with Crippen LogP contribution in [0.2, 0.25) is 0 Å². The van der Waals surface area contributed by atoms with Crippen molar-refractivity contribution < 1.29 is 14.3 Å². The quantitative estimate of drug-likeness (QED) is 0.617. The molecule has 0 unspecified atom stereocenters. The lowest BCUT2D eigenvalue weighted by Crippen LogP contribution is -2.26. The van der Waals surface area contributed by atoms with Gasteiger partial charge in [0.15, 0.2) is 0 Å². The van der Waals surface area contributed by atoms with Crippen molar-refractivity contribution in [2.75, 3.05) is 11.9 Å². The lowest BCUT2D eigenvalue weighted by molar-refractivity contribution is -0.111. The topological polar surface area (TPSA) is 67.4 Å². The van der Waals surface area contributed by atoms with Gasteiger partial charge in [-0.25, -0.2) is 4.79 Å². The van der Waals surface area contributed by atoms with E-state index in [4.69, 9.17) is 4.74 Å². The molecule has 0 aliphatic heterocycles. The third-order valence-electron chi connectivity index (χ3n) is 1.89. The van der Waals surface area contributed by atoms with E-state index in [2.05, 4.69) is 23.8 Å². The minimum absolute atomic E-state index is 0.325. The number of hydrogen-bond donors (Lipinski definition) is 2. The Labute approximate surface area is 105 Å². The number of benzene rings is 1. The second-order valence-corrected chi connectivity index (χ2v) is 3.28. The number of rotatable bonds is 5. The van der Waals surface area contributed by atoms with Crippen LogP contribution in [0.4, 0.5) is 10.5 Å². The second kappa shape index (κ2) is 6.90. The average molecular weight is 246 g/mol. The van der Waals surface area contributed by atoms with Crippen LogP contribution in [0, 0.1) is 0 Å². The van der Waals surface area contributed by atoms with Gasteiger partial charge in [-0.1, -0.05) is 18.7 Å². The molecule has 18 heavy (non-hydrogen) atoms. The Morgan fingerprint density at radius 3 is 2.78 bits per heavy atom. The molecular formula is C13H14N2O3. The molecule has 0 bridgehead atoms.